The van der Waals surface area contributed by atoms with Crippen LogP contribution >= 0.6 is 11.8 Å². The van der Waals surface area contributed by atoms with E-state index in [2.05, 4.69) is 20.3 Å². The van der Waals surface area contributed by atoms with Crippen molar-refractivity contribution in [2.45, 2.75) is 43.6 Å². The van der Waals surface area contributed by atoms with E-state index in [-0.39, 0.29) is 11.2 Å². The zero-order valence-electron chi connectivity index (χ0n) is 17.0. The molecular formula is C22H22FN5OS. The SMILES string of the molecule is CC(C)(C)c1noc(CSc2nnc(-c3ccccc3F)n2Cc2ccccc2)n1. The van der Waals surface area contributed by atoms with Gasteiger partial charge in [0.15, 0.2) is 16.8 Å². The monoisotopic (exact) mass is 423 g/mol. The lowest BCUT2D eigenvalue weighted by Gasteiger charge is -2.11. The molecule has 6 nitrogen and oxygen atoms in total. The van der Waals surface area contributed by atoms with E-state index in [1.807, 2.05) is 55.7 Å². The molecular weight excluding hydrogens is 401 g/mol. The quantitative estimate of drug-likeness (QED) is 0.402. The van der Waals surface area contributed by atoms with Gasteiger partial charge in [-0.2, -0.15) is 4.98 Å². The van der Waals surface area contributed by atoms with Gasteiger partial charge < -0.3 is 4.52 Å². The smallest absolute Gasteiger partial charge is 0.237 e. The molecule has 0 bridgehead atoms. The van der Waals surface area contributed by atoms with Crippen molar-refractivity contribution in [3.63, 3.8) is 0 Å². The number of aromatic nitrogens is 5. The lowest BCUT2D eigenvalue weighted by molar-refractivity contribution is 0.372. The standard InChI is InChI=1S/C22H22FN5OS/c1-22(2,3)20-24-18(29-27-20)14-30-21-26-25-19(16-11-7-8-12-17(16)23)28(21)13-15-9-5-4-6-10-15/h4-12H,13-14H2,1-3H3. The summed E-state index contributed by atoms with van der Waals surface area (Å²) in [5.41, 5.74) is 1.31. The van der Waals surface area contributed by atoms with Gasteiger partial charge in [0.1, 0.15) is 5.82 Å². The predicted molar refractivity (Wildman–Crippen MR) is 114 cm³/mol. The number of halogens is 1. The van der Waals surface area contributed by atoms with Gasteiger partial charge in [0, 0.05) is 5.41 Å². The van der Waals surface area contributed by atoms with E-state index in [1.165, 1.54) is 17.8 Å². The Labute approximate surface area is 178 Å². The highest BCUT2D eigenvalue weighted by Gasteiger charge is 2.22. The first kappa shape index (κ1) is 20.3. The molecule has 0 spiro atoms. The minimum Gasteiger partial charge on any atom is -0.338 e. The summed E-state index contributed by atoms with van der Waals surface area (Å²) in [6.45, 7) is 6.63. The van der Waals surface area contributed by atoms with Gasteiger partial charge in [-0.05, 0) is 17.7 Å². The van der Waals surface area contributed by atoms with E-state index < -0.39 is 0 Å². The molecule has 2 aromatic carbocycles. The summed E-state index contributed by atoms with van der Waals surface area (Å²) in [5.74, 6) is 1.79. The Bertz CT molecular complexity index is 1130. The molecule has 154 valence electrons. The fourth-order valence-electron chi connectivity index (χ4n) is 2.89. The van der Waals surface area contributed by atoms with E-state index in [0.717, 1.165) is 5.56 Å². The number of nitrogens with zero attached hydrogens (tertiary/aromatic N) is 5. The molecule has 0 atom stereocenters. The summed E-state index contributed by atoms with van der Waals surface area (Å²) in [4.78, 5) is 4.47. The molecule has 0 aliphatic rings. The highest BCUT2D eigenvalue weighted by atomic mass is 32.2. The molecule has 4 rings (SSSR count). The lowest BCUT2D eigenvalue weighted by Crippen LogP contribution is -2.13. The highest BCUT2D eigenvalue weighted by molar-refractivity contribution is 7.98. The van der Waals surface area contributed by atoms with Crippen molar-refractivity contribution in [3.8, 4) is 11.4 Å². The van der Waals surface area contributed by atoms with Crippen LogP contribution in [-0.2, 0) is 17.7 Å². The maximum absolute atomic E-state index is 14.4. The fourth-order valence-corrected chi connectivity index (χ4v) is 3.67. The van der Waals surface area contributed by atoms with Crippen LogP contribution in [0.5, 0.6) is 0 Å². The van der Waals surface area contributed by atoms with Crippen molar-refractivity contribution in [2.24, 2.45) is 0 Å². The summed E-state index contributed by atoms with van der Waals surface area (Å²) in [6, 6.07) is 16.5. The molecule has 0 N–H and O–H groups in total. The Morgan fingerprint density at radius 2 is 1.73 bits per heavy atom. The number of hydrogen-bond acceptors (Lipinski definition) is 6. The van der Waals surface area contributed by atoms with E-state index >= 15 is 0 Å². The van der Waals surface area contributed by atoms with Crippen LogP contribution in [0.25, 0.3) is 11.4 Å². The molecule has 4 aromatic rings. The van der Waals surface area contributed by atoms with E-state index in [0.29, 0.717) is 40.6 Å². The molecule has 0 unspecified atom stereocenters. The first-order chi connectivity index (χ1) is 14.4. The van der Waals surface area contributed by atoms with E-state index in [1.54, 1.807) is 18.2 Å². The summed E-state index contributed by atoms with van der Waals surface area (Å²) in [6.07, 6.45) is 0. The number of rotatable bonds is 6. The molecule has 0 aliphatic carbocycles. The second kappa shape index (κ2) is 8.39. The Kier molecular flexibility index (Phi) is 5.67. The van der Waals surface area contributed by atoms with Crippen LogP contribution in [-0.4, -0.2) is 24.9 Å². The average Bonchev–Trinajstić information content (AvgIpc) is 3.35. The minimum absolute atomic E-state index is 0.183. The summed E-state index contributed by atoms with van der Waals surface area (Å²) >= 11 is 1.44. The zero-order chi connectivity index (χ0) is 21.1. The zero-order valence-corrected chi connectivity index (χ0v) is 17.9. The summed E-state index contributed by atoms with van der Waals surface area (Å²) in [7, 11) is 0. The molecule has 2 aromatic heterocycles. The largest absolute Gasteiger partial charge is 0.338 e. The molecule has 0 amide bonds. The van der Waals surface area contributed by atoms with Crippen molar-refractivity contribution in [2.75, 3.05) is 0 Å². The number of thioether (sulfide) groups is 1. The van der Waals surface area contributed by atoms with Gasteiger partial charge in [0.05, 0.1) is 17.9 Å². The van der Waals surface area contributed by atoms with Gasteiger partial charge in [-0.3, -0.25) is 4.57 Å². The van der Waals surface area contributed by atoms with Crippen molar-refractivity contribution in [1.82, 2.24) is 24.9 Å². The van der Waals surface area contributed by atoms with Gasteiger partial charge in [-0.1, -0.05) is 80.2 Å². The van der Waals surface area contributed by atoms with Crippen LogP contribution in [0.2, 0.25) is 0 Å². The van der Waals surface area contributed by atoms with Crippen LogP contribution in [0.4, 0.5) is 4.39 Å². The molecule has 0 fully saturated rings. The normalized spacial score (nSPS) is 11.7. The van der Waals surface area contributed by atoms with Gasteiger partial charge >= 0.3 is 0 Å². The highest BCUT2D eigenvalue weighted by Crippen LogP contribution is 2.29. The van der Waals surface area contributed by atoms with Gasteiger partial charge in [-0.15, -0.1) is 10.2 Å². The van der Waals surface area contributed by atoms with Gasteiger partial charge in [-0.25, -0.2) is 4.39 Å². The predicted octanol–water partition coefficient (Wildman–Crippen LogP) is 5.11. The second-order valence-electron chi connectivity index (χ2n) is 7.91. The fraction of sp³-hybridized carbons (Fsp3) is 0.273. The molecule has 0 aliphatic heterocycles. The van der Waals surface area contributed by atoms with Crippen LogP contribution in [0.1, 0.15) is 38.0 Å². The second-order valence-corrected chi connectivity index (χ2v) is 8.85. The first-order valence-corrected chi connectivity index (χ1v) is 10.6. The van der Waals surface area contributed by atoms with Crippen molar-refractivity contribution in [1.29, 1.82) is 0 Å². The third kappa shape index (κ3) is 4.43. The molecule has 0 saturated heterocycles. The van der Waals surface area contributed by atoms with Crippen LogP contribution in [0.15, 0.2) is 64.3 Å². The summed E-state index contributed by atoms with van der Waals surface area (Å²) < 4.78 is 21.7. The molecule has 8 heteroatoms. The topological polar surface area (TPSA) is 69.6 Å². The summed E-state index contributed by atoms with van der Waals surface area (Å²) in [5, 5.41) is 13.3. The lowest BCUT2D eigenvalue weighted by atomic mass is 9.96. The molecule has 30 heavy (non-hydrogen) atoms. The Balaban J connectivity index is 1.64. The van der Waals surface area contributed by atoms with Crippen molar-refractivity contribution in [3.05, 3.63) is 77.7 Å². The van der Waals surface area contributed by atoms with Gasteiger partial charge in [0.25, 0.3) is 0 Å². The average molecular weight is 424 g/mol. The third-order valence-corrected chi connectivity index (χ3v) is 5.43. The maximum Gasteiger partial charge on any atom is 0.237 e. The van der Waals surface area contributed by atoms with Crippen LogP contribution in [0, 0.1) is 5.82 Å². The molecule has 0 radical (unpaired) electrons. The maximum atomic E-state index is 14.4. The van der Waals surface area contributed by atoms with E-state index in [9.17, 15) is 4.39 Å². The Morgan fingerprint density at radius 1 is 1.00 bits per heavy atom. The first-order valence-electron chi connectivity index (χ1n) is 9.60. The molecule has 2 heterocycles. The van der Waals surface area contributed by atoms with Crippen molar-refractivity contribution < 1.29 is 8.91 Å². The van der Waals surface area contributed by atoms with Gasteiger partial charge in [0.2, 0.25) is 5.89 Å². The van der Waals surface area contributed by atoms with Crippen molar-refractivity contribution >= 4 is 11.8 Å². The Morgan fingerprint density at radius 3 is 2.43 bits per heavy atom. The van der Waals surface area contributed by atoms with Crippen LogP contribution in [0.3, 0.4) is 0 Å². The third-order valence-electron chi connectivity index (χ3n) is 4.48. The number of hydrogen-bond donors (Lipinski definition) is 0. The number of benzene rings is 2. The Hall–Kier alpha value is -3.00. The van der Waals surface area contributed by atoms with Crippen LogP contribution < -0.4 is 0 Å². The van der Waals surface area contributed by atoms with E-state index in [4.69, 9.17) is 4.52 Å². The molecule has 0 saturated carbocycles. The minimum atomic E-state index is -0.331.